The van der Waals surface area contributed by atoms with E-state index in [4.69, 9.17) is 0 Å². The Morgan fingerprint density at radius 3 is 2.50 bits per heavy atom. The first-order valence-electron chi connectivity index (χ1n) is 8.49. The molecule has 0 amide bonds. The summed E-state index contributed by atoms with van der Waals surface area (Å²) in [5, 5.41) is 14.7. The zero-order valence-corrected chi connectivity index (χ0v) is 13.9. The molecule has 1 heterocycles. The Morgan fingerprint density at radius 2 is 1.73 bits per heavy atom. The van der Waals surface area contributed by atoms with Gasteiger partial charge in [-0.15, -0.1) is 5.10 Å². The van der Waals surface area contributed by atoms with E-state index >= 15 is 0 Å². The van der Waals surface area contributed by atoms with Gasteiger partial charge in [0.25, 0.3) is 0 Å². The van der Waals surface area contributed by atoms with Gasteiger partial charge in [-0.05, 0) is 19.9 Å². The van der Waals surface area contributed by atoms with Gasteiger partial charge >= 0.3 is 0 Å². The van der Waals surface area contributed by atoms with Gasteiger partial charge in [-0.25, -0.2) is 0 Å². The van der Waals surface area contributed by atoms with E-state index < -0.39 is 0 Å². The van der Waals surface area contributed by atoms with Crippen LogP contribution >= 0.6 is 0 Å². The highest BCUT2D eigenvalue weighted by molar-refractivity contribution is 5.61. The van der Waals surface area contributed by atoms with Crippen LogP contribution in [0.2, 0.25) is 0 Å². The highest BCUT2D eigenvalue weighted by Crippen LogP contribution is 2.19. The second-order valence-corrected chi connectivity index (χ2v) is 5.95. The van der Waals surface area contributed by atoms with Gasteiger partial charge in [0, 0.05) is 12.1 Å². The van der Waals surface area contributed by atoms with Crippen molar-refractivity contribution in [2.45, 2.75) is 58.9 Å². The van der Waals surface area contributed by atoms with E-state index in [9.17, 15) is 0 Å². The fraction of sp³-hybridized carbons (Fsp3) is 0.556. The molecule has 4 heteroatoms. The fourth-order valence-corrected chi connectivity index (χ4v) is 2.56. The van der Waals surface area contributed by atoms with Gasteiger partial charge in [0.1, 0.15) is 5.69 Å². The molecule has 22 heavy (non-hydrogen) atoms. The summed E-state index contributed by atoms with van der Waals surface area (Å²) in [6.45, 7) is 6.20. The van der Waals surface area contributed by atoms with Crippen molar-refractivity contribution in [1.82, 2.24) is 20.7 Å². The Balaban J connectivity index is 1.73. The standard InChI is InChI=1S/C18H28N4/c1-3-4-5-6-7-8-13-19-14-17-18(21-22-20-17)16-11-9-15(2)10-12-16/h9-12,19H,3-8,13-14H2,1-2H3,(H,20,21,22). The van der Waals surface area contributed by atoms with Crippen LogP contribution in [0.4, 0.5) is 0 Å². The Morgan fingerprint density at radius 1 is 1.00 bits per heavy atom. The quantitative estimate of drug-likeness (QED) is 0.646. The third-order valence-electron chi connectivity index (χ3n) is 3.95. The maximum Gasteiger partial charge on any atom is 0.117 e. The maximum absolute atomic E-state index is 4.22. The summed E-state index contributed by atoms with van der Waals surface area (Å²) in [6.07, 6.45) is 7.97. The molecule has 2 N–H and O–H groups in total. The summed E-state index contributed by atoms with van der Waals surface area (Å²) < 4.78 is 0. The smallest absolute Gasteiger partial charge is 0.117 e. The molecular weight excluding hydrogens is 272 g/mol. The monoisotopic (exact) mass is 300 g/mol. The SMILES string of the molecule is CCCCCCCCNCc1[nH]nnc1-c1ccc(C)cc1. The van der Waals surface area contributed by atoms with Crippen molar-refractivity contribution < 1.29 is 0 Å². The molecule has 0 unspecified atom stereocenters. The van der Waals surface area contributed by atoms with Crippen LogP contribution in [0.15, 0.2) is 24.3 Å². The van der Waals surface area contributed by atoms with Crippen molar-refractivity contribution in [1.29, 1.82) is 0 Å². The maximum atomic E-state index is 4.22. The molecule has 0 aliphatic rings. The fourth-order valence-electron chi connectivity index (χ4n) is 2.56. The van der Waals surface area contributed by atoms with Crippen LogP contribution in [0.25, 0.3) is 11.3 Å². The Hall–Kier alpha value is -1.68. The molecule has 0 spiro atoms. The minimum absolute atomic E-state index is 0.797. The zero-order chi connectivity index (χ0) is 15.6. The lowest BCUT2D eigenvalue weighted by Gasteiger charge is -2.05. The Labute approximate surface area is 133 Å². The van der Waals surface area contributed by atoms with Crippen LogP contribution in [0, 0.1) is 6.92 Å². The molecular formula is C18H28N4. The van der Waals surface area contributed by atoms with Gasteiger partial charge in [-0.3, -0.25) is 5.10 Å². The zero-order valence-electron chi connectivity index (χ0n) is 13.9. The van der Waals surface area contributed by atoms with Crippen LogP contribution < -0.4 is 5.32 Å². The summed E-state index contributed by atoms with van der Waals surface area (Å²) in [6, 6.07) is 8.42. The number of benzene rings is 1. The number of hydrogen-bond acceptors (Lipinski definition) is 3. The minimum Gasteiger partial charge on any atom is -0.311 e. The number of nitrogens with one attached hydrogen (secondary N) is 2. The van der Waals surface area contributed by atoms with Crippen molar-refractivity contribution in [3.05, 3.63) is 35.5 Å². The Bertz CT molecular complexity index is 530. The molecule has 0 bridgehead atoms. The molecule has 1 aromatic heterocycles. The predicted octanol–water partition coefficient (Wildman–Crippen LogP) is 4.23. The normalized spacial score (nSPS) is 11.0. The van der Waals surface area contributed by atoms with Gasteiger partial charge in [0.15, 0.2) is 0 Å². The summed E-state index contributed by atoms with van der Waals surface area (Å²) >= 11 is 0. The second-order valence-electron chi connectivity index (χ2n) is 5.95. The van der Waals surface area contributed by atoms with E-state index in [1.54, 1.807) is 0 Å². The lowest BCUT2D eigenvalue weighted by Crippen LogP contribution is -2.15. The van der Waals surface area contributed by atoms with Crippen LogP contribution in [-0.2, 0) is 6.54 Å². The van der Waals surface area contributed by atoms with Gasteiger partial charge in [0.05, 0.1) is 5.69 Å². The van der Waals surface area contributed by atoms with Gasteiger partial charge < -0.3 is 5.32 Å². The predicted molar refractivity (Wildman–Crippen MR) is 91.6 cm³/mol. The molecule has 0 saturated carbocycles. The minimum atomic E-state index is 0.797. The number of nitrogens with zero attached hydrogens (tertiary/aromatic N) is 2. The van der Waals surface area contributed by atoms with Gasteiger partial charge in [-0.1, -0.05) is 74.1 Å². The molecule has 0 radical (unpaired) electrons. The third-order valence-corrected chi connectivity index (χ3v) is 3.95. The molecule has 0 atom stereocenters. The van der Waals surface area contributed by atoms with Crippen molar-refractivity contribution >= 4 is 0 Å². The van der Waals surface area contributed by atoms with Crippen molar-refractivity contribution in [3.63, 3.8) is 0 Å². The van der Waals surface area contributed by atoms with Crippen molar-refractivity contribution in [2.75, 3.05) is 6.54 Å². The summed E-state index contributed by atoms with van der Waals surface area (Å²) in [7, 11) is 0. The summed E-state index contributed by atoms with van der Waals surface area (Å²) in [5.41, 5.74) is 4.40. The van der Waals surface area contributed by atoms with Crippen LogP contribution in [0.3, 0.4) is 0 Å². The molecule has 2 aromatic rings. The number of unbranched alkanes of at least 4 members (excludes halogenated alkanes) is 5. The molecule has 0 fully saturated rings. The first kappa shape index (κ1) is 16.7. The van der Waals surface area contributed by atoms with E-state index in [-0.39, 0.29) is 0 Å². The third kappa shape index (κ3) is 5.26. The van der Waals surface area contributed by atoms with E-state index in [2.05, 4.69) is 58.8 Å². The van der Waals surface area contributed by atoms with E-state index in [1.165, 1.54) is 44.1 Å². The number of H-pyrrole nitrogens is 1. The number of aromatic nitrogens is 3. The topological polar surface area (TPSA) is 53.6 Å². The molecule has 4 nitrogen and oxygen atoms in total. The lowest BCUT2D eigenvalue weighted by atomic mass is 10.1. The van der Waals surface area contributed by atoms with Gasteiger partial charge in [-0.2, -0.15) is 0 Å². The number of rotatable bonds is 10. The van der Waals surface area contributed by atoms with E-state index in [0.717, 1.165) is 30.0 Å². The van der Waals surface area contributed by atoms with Crippen LogP contribution in [0.1, 0.15) is 56.7 Å². The molecule has 0 aliphatic carbocycles. The first-order chi connectivity index (χ1) is 10.8. The molecule has 0 saturated heterocycles. The second kappa shape index (κ2) is 9.36. The molecule has 0 aliphatic heterocycles. The highest BCUT2D eigenvalue weighted by Gasteiger charge is 2.08. The summed E-state index contributed by atoms with van der Waals surface area (Å²) in [4.78, 5) is 0. The number of aryl methyl sites for hydroxylation is 1. The van der Waals surface area contributed by atoms with Crippen molar-refractivity contribution in [3.8, 4) is 11.3 Å². The average Bonchev–Trinajstić information content (AvgIpc) is 2.99. The van der Waals surface area contributed by atoms with E-state index in [1.807, 2.05) is 0 Å². The largest absolute Gasteiger partial charge is 0.311 e. The molecule has 120 valence electrons. The average molecular weight is 300 g/mol. The number of aromatic amines is 1. The molecule has 2 rings (SSSR count). The lowest BCUT2D eigenvalue weighted by molar-refractivity contribution is 0.569. The van der Waals surface area contributed by atoms with Crippen LogP contribution in [-0.4, -0.2) is 22.0 Å². The molecule has 1 aromatic carbocycles. The van der Waals surface area contributed by atoms with E-state index in [0.29, 0.717) is 0 Å². The first-order valence-corrected chi connectivity index (χ1v) is 8.49. The Kier molecular flexibility index (Phi) is 7.10. The van der Waals surface area contributed by atoms with Crippen molar-refractivity contribution in [2.24, 2.45) is 0 Å². The van der Waals surface area contributed by atoms with Crippen LogP contribution in [0.5, 0.6) is 0 Å². The van der Waals surface area contributed by atoms with Gasteiger partial charge in [0.2, 0.25) is 0 Å². The summed E-state index contributed by atoms with van der Waals surface area (Å²) in [5.74, 6) is 0. The highest BCUT2D eigenvalue weighted by atomic mass is 15.3. The number of hydrogen-bond donors (Lipinski definition) is 2.